The summed E-state index contributed by atoms with van der Waals surface area (Å²) in [5.41, 5.74) is 0.552. The van der Waals surface area contributed by atoms with Gasteiger partial charge in [-0.05, 0) is 103 Å². The third-order valence-electron chi connectivity index (χ3n) is 9.02. The lowest BCUT2D eigenvalue weighted by Gasteiger charge is -2.17. The van der Waals surface area contributed by atoms with E-state index in [4.69, 9.17) is 9.47 Å². The number of carboxylic acid groups (broad SMARTS) is 1. The maximum Gasteiger partial charge on any atom is 0.339 e. The minimum absolute atomic E-state index is 0.0461. The first kappa shape index (κ1) is 45.7. The van der Waals surface area contributed by atoms with Crippen LogP contribution < -0.4 is 35.5 Å². The Morgan fingerprint density at radius 1 is 0.698 bits per heavy atom. The number of carbonyl (C=O) groups is 5. The Balaban J connectivity index is 1.20. The van der Waals surface area contributed by atoms with Gasteiger partial charge in [0.25, 0.3) is 17.7 Å². The van der Waals surface area contributed by atoms with Crippen LogP contribution >= 0.6 is 0 Å². The van der Waals surface area contributed by atoms with Crippen molar-refractivity contribution in [2.24, 2.45) is 0 Å². The zero-order valence-corrected chi connectivity index (χ0v) is 34.2. The second-order valence-corrected chi connectivity index (χ2v) is 15.0. The number of phenols is 3. The van der Waals surface area contributed by atoms with E-state index in [9.17, 15) is 58.1 Å². The lowest BCUT2D eigenvalue weighted by Crippen LogP contribution is -2.43. The number of sulfonamides is 1. The van der Waals surface area contributed by atoms with Gasteiger partial charge in [0.1, 0.15) is 17.4 Å². The van der Waals surface area contributed by atoms with E-state index < -0.39 is 69.1 Å². The van der Waals surface area contributed by atoms with Crippen molar-refractivity contribution in [3.05, 3.63) is 125 Å². The first-order valence-corrected chi connectivity index (χ1v) is 19.8. The molecule has 0 aliphatic heterocycles. The molecule has 1 atom stereocenters. The summed E-state index contributed by atoms with van der Waals surface area (Å²) in [6.07, 6.45) is 1.06. The van der Waals surface area contributed by atoms with Crippen LogP contribution in [0.15, 0.2) is 108 Å². The van der Waals surface area contributed by atoms with E-state index in [1.165, 1.54) is 86.0 Å². The van der Waals surface area contributed by atoms with Crippen molar-refractivity contribution in [3.63, 3.8) is 0 Å². The summed E-state index contributed by atoms with van der Waals surface area (Å²) in [5, 5.41) is 59.4. The number of amides is 4. The molecule has 0 saturated heterocycles. The molecule has 63 heavy (non-hydrogen) atoms. The number of nitriles is 1. The number of carbonyl (C=O) groups excluding carboxylic acids is 4. The summed E-state index contributed by atoms with van der Waals surface area (Å²) in [6, 6.07) is 21.6. The monoisotopic (exact) mass is 878 g/mol. The highest BCUT2D eigenvalue weighted by Crippen LogP contribution is 2.40. The van der Waals surface area contributed by atoms with Crippen molar-refractivity contribution in [3.8, 4) is 34.8 Å². The number of aromatic carboxylic acids is 1. The molecule has 0 radical (unpaired) electrons. The van der Waals surface area contributed by atoms with Gasteiger partial charge in [-0.1, -0.05) is 12.1 Å². The summed E-state index contributed by atoms with van der Waals surface area (Å²) in [6.45, 7) is 1.58. The molecule has 20 heteroatoms. The fourth-order valence-electron chi connectivity index (χ4n) is 5.79. The third-order valence-corrected chi connectivity index (χ3v) is 10.5. The van der Waals surface area contributed by atoms with Crippen molar-refractivity contribution in [2.45, 2.75) is 24.3 Å². The maximum absolute atomic E-state index is 13.2. The predicted molar refractivity (Wildman–Crippen MR) is 228 cm³/mol. The number of nitrogens with zero attached hydrogens (tertiary/aromatic N) is 1. The van der Waals surface area contributed by atoms with Gasteiger partial charge in [0.05, 0.1) is 48.5 Å². The number of anilines is 4. The number of nitrogens with one attached hydrogen (secondary N) is 5. The molecular formula is C43H38N6O13S. The van der Waals surface area contributed by atoms with Crippen LogP contribution in [0.2, 0.25) is 0 Å². The van der Waals surface area contributed by atoms with Gasteiger partial charge >= 0.3 is 5.97 Å². The normalized spacial score (nSPS) is 11.6. The number of ether oxygens (including phenoxy) is 2. The van der Waals surface area contributed by atoms with Crippen LogP contribution in [-0.2, 0) is 19.6 Å². The van der Waals surface area contributed by atoms with E-state index in [1.807, 2.05) is 0 Å². The van der Waals surface area contributed by atoms with Crippen LogP contribution in [0.25, 0.3) is 6.08 Å². The van der Waals surface area contributed by atoms with Crippen molar-refractivity contribution in [1.29, 1.82) is 5.26 Å². The van der Waals surface area contributed by atoms with E-state index in [2.05, 4.69) is 26.0 Å². The van der Waals surface area contributed by atoms with Gasteiger partial charge in [0.2, 0.25) is 15.9 Å². The number of hydrogen-bond acceptors (Lipinski definition) is 13. The molecule has 19 nitrogen and oxygen atoms in total. The van der Waals surface area contributed by atoms with E-state index in [1.54, 1.807) is 31.2 Å². The second-order valence-electron chi connectivity index (χ2n) is 13.3. The lowest BCUT2D eigenvalue weighted by atomic mass is 10.1. The molecule has 324 valence electrons. The highest BCUT2D eigenvalue weighted by atomic mass is 32.2. The maximum atomic E-state index is 13.2. The van der Waals surface area contributed by atoms with E-state index in [0.717, 1.165) is 13.2 Å². The summed E-state index contributed by atoms with van der Waals surface area (Å²) in [7, 11) is -2.03. The zero-order chi connectivity index (χ0) is 46.0. The smallest absolute Gasteiger partial charge is 0.339 e. The van der Waals surface area contributed by atoms with Crippen LogP contribution in [0.1, 0.15) is 50.0 Å². The quantitative estimate of drug-likeness (QED) is 0.0571. The minimum atomic E-state index is -4.35. The number of aromatic hydroxyl groups is 3. The Kier molecular flexibility index (Phi) is 14.3. The number of phenolic OH excluding ortho intramolecular Hbond substituents is 2. The molecule has 5 aromatic carbocycles. The summed E-state index contributed by atoms with van der Waals surface area (Å²) < 4.78 is 39.0. The minimum Gasteiger partial charge on any atom is -0.508 e. The fourth-order valence-corrected chi connectivity index (χ4v) is 6.99. The van der Waals surface area contributed by atoms with Crippen LogP contribution in [0.5, 0.6) is 28.7 Å². The largest absolute Gasteiger partial charge is 0.508 e. The molecule has 4 amide bonds. The van der Waals surface area contributed by atoms with Crippen LogP contribution in [0.4, 0.5) is 22.7 Å². The number of benzene rings is 5. The molecule has 0 aliphatic carbocycles. The lowest BCUT2D eigenvalue weighted by molar-refractivity contribution is -0.117. The third kappa shape index (κ3) is 11.1. The van der Waals surface area contributed by atoms with Gasteiger partial charge in [-0.3, -0.25) is 19.2 Å². The van der Waals surface area contributed by atoms with Gasteiger partial charge in [-0.2, -0.15) is 9.98 Å². The van der Waals surface area contributed by atoms with Crippen LogP contribution in [0, 0.1) is 11.3 Å². The van der Waals surface area contributed by atoms with Crippen molar-refractivity contribution in [2.75, 3.05) is 35.5 Å². The average molecular weight is 879 g/mol. The van der Waals surface area contributed by atoms with E-state index in [-0.39, 0.29) is 56.0 Å². The number of carboxylic acids is 1. The Labute approximate surface area is 359 Å². The number of hydrogen-bond donors (Lipinski definition) is 9. The van der Waals surface area contributed by atoms with E-state index >= 15 is 0 Å². The van der Waals surface area contributed by atoms with Crippen molar-refractivity contribution in [1.82, 2.24) is 4.72 Å². The SMILES string of the molecule is COc1c(NC(=O)c2ccc(NC(=O)c3ccc(NC(=O)[C@H](CC#N)NS(=O)(=O)c4ccc(NC(=O)/C(C)=C/c5ccc(O)cc5)cc4)cc3)c(OC)c2O)ccc(C(=O)O)c1O. The highest BCUT2D eigenvalue weighted by molar-refractivity contribution is 7.89. The van der Waals surface area contributed by atoms with Gasteiger partial charge in [-0.25, -0.2) is 13.2 Å². The standard InChI is InChI=1S/C43H38N6O13S/c1-23(22-24-4-12-28(50)13-5-24)39(53)45-27-10-14-29(15-11-27)63(59,60)49-34(20-21-44)42(56)46-26-8-6-25(7-9-26)40(54)47-32-18-16-30(35(51)37(32)61-2)41(55)48-33-19-17-31(43(57)58)36(52)38(33)62-3/h4-19,22,34,49-52H,20H2,1-3H3,(H,45,53)(H,46,56)(H,47,54)(H,48,55)(H,57,58)/b23-22+/t34-/m0/s1. The molecule has 0 spiro atoms. The van der Waals surface area contributed by atoms with Gasteiger partial charge in [0.15, 0.2) is 23.0 Å². The van der Waals surface area contributed by atoms with E-state index in [0.29, 0.717) is 11.1 Å². The second kappa shape index (κ2) is 19.8. The zero-order valence-electron chi connectivity index (χ0n) is 33.4. The van der Waals surface area contributed by atoms with Gasteiger partial charge in [0, 0.05) is 22.5 Å². The van der Waals surface area contributed by atoms with Gasteiger partial charge < -0.3 is 51.2 Å². The fraction of sp³-hybridized carbons (Fsp3) is 0.116. The predicted octanol–water partition coefficient (Wildman–Crippen LogP) is 5.26. The average Bonchev–Trinajstić information content (AvgIpc) is 3.24. The van der Waals surface area contributed by atoms with Crippen LogP contribution in [-0.4, -0.2) is 78.7 Å². The summed E-state index contributed by atoms with van der Waals surface area (Å²) in [5.74, 6) is -6.35. The number of rotatable bonds is 16. The molecule has 5 rings (SSSR count). The molecule has 5 aromatic rings. The molecule has 0 heterocycles. The molecule has 0 bridgehead atoms. The molecule has 0 fully saturated rings. The van der Waals surface area contributed by atoms with Crippen molar-refractivity contribution < 1.29 is 62.3 Å². The Hall–Kier alpha value is -8.41. The molecular weight excluding hydrogens is 841 g/mol. The molecule has 0 aromatic heterocycles. The Morgan fingerprint density at radius 3 is 1.78 bits per heavy atom. The Morgan fingerprint density at radius 2 is 1.22 bits per heavy atom. The molecule has 9 N–H and O–H groups in total. The first-order chi connectivity index (χ1) is 30.0. The highest BCUT2D eigenvalue weighted by Gasteiger charge is 2.27. The summed E-state index contributed by atoms with van der Waals surface area (Å²) in [4.78, 5) is 63.3. The van der Waals surface area contributed by atoms with Crippen LogP contribution in [0.3, 0.4) is 0 Å². The summed E-state index contributed by atoms with van der Waals surface area (Å²) >= 11 is 0. The van der Waals surface area contributed by atoms with Crippen molar-refractivity contribution >= 4 is 68.4 Å². The van der Waals surface area contributed by atoms with Gasteiger partial charge in [-0.15, -0.1) is 0 Å². The number of methoxy groups -OCH3 is 2. The first-order valence-electron chi connectivity index (χ1n) is 18.3. The molecule has 0 aliphatic rings. The Bertz CT molecular complexity index is 2770. The molecule has 0 saturated carbocycles. The topological polar surface area (TPSA) is 303 Å². The molecule has 0 unspecified atom stereocenters.